The molecule has 0 radical (unpaired) electrons. The van der Waals surface area contributed by atoms with Crippen LogP contribution in [0.2, 0.25) is 0 Å². The van der Waals surface area contributed by atoms with Crippen LogP contribution in [0.25, 0.3) is 12.2 Å². The normalized spacial score (nSPS) is 10.9. The molecular weight excluding hydrogens is 240 g/mol. The Kier molecular flexibility index (Phi) is 4.73. The van der Waals surface area contributed by atoms with E-state index in [0.717, 1.165) is 11.1 Å². The summed E-state index contributed by atoms with van der Waals surface area (Å²) in [5.41, 5.74) is 4.88. The Balaban J connectivity index is 2.38. The van der Waals surface area contributed by atoms with Crippen molar-refractivity contribution in [3.8, 4) is 0 Å². The maximum atomic E-state index is 3.80. The molecule has 100 valence electrons. The van der Waals surface area contributed by atoms with Crippen molar-refractivity contribution in [2.75, 3.05) is 0 Å². The fraction of sp³-hybridized carbons (Fsp3) is 0.100. The van der Waals surface area contributed by atoms with E-state index in [4.69, 9.17) is 0 Å². The summed E-state index contributed by atoms with van der Waals surface area (Å²) in [7, 11) is 0. The zero-order chi connectivity index (χ0) is 14.4. The summed E-state index contributed by atoms with van der Waals surface area (Å²) in [5.74, 6) is 0.290. The van der Waals surface area contributed by atoms with Gasteiger partial charge in [-0.05, 0) is 29.2 Å². The van der Waals surface area contributed by atoms with Crippen LogP contribution in [0.4, 0.5) is 0 Å². The lowest BCUT2D eigenvalue weighted by molar-refractivity contribution is 1.02. The number of hydrogen-bond acceptors (Lipinski definition) is 0. The molecule has 0 saturated carbocycles. The maximum Gasteiger partial charge on any atom is 0.0269 e. The fourth-order valence-electron chi connectivity index (χ4n) is 2.29. The minimum atomic E-state index is 0.290. The topological polar surface area (TPSA) is 0 Å². The number of benzene rings is 2. The highest BCUT2D eigenvalue weighted by atomic mass is 14.1. The van der Waals surface area contributed by atoms with Crippen LogP contribution in [-0.2, 0) is 0 Å². The van der Waals surface area contributed by atoms with Crippen LogP contribution in [-0.4, -0.2) is 0 Å². The van der Waals surface area contributed by atoms with Gasteiger partial charge >= 0.3 is 0 Å². The highest BCUT2D eigenvalue weighted by molar-refractivity contribution is 5.51. The predicted octanol–water partition coefficient (Wildman–Crippen LogP) is 5.68. The highest BCUT2D eigenvalue weighted by Gasteiger charge is 2.10. The van der Waals surface area contributed by atoms with E-state index < -0.39 is 0 Å². The maximum absolute atomic E-state index is 3.80. The average molecular weight is 260 g/mol. The molecule has 0 atom stereocenters. The third kappa shape index (κ3) is 3.16. The minimum absolute atomic E-state index is 0.290. The molecule has 0 fully saturated rings. The van der Waals surface area contributed by atoms with E-state index in [1.807, 2.05) is 12.2 Å². The first-order valence-corrected chi connectivity index (χ1v) is 6.86. The van der Waals surface area contributed by atoms with E-state index >= 15 is 0 Å². The molecule has 0 aliphatic rings. The lowest BCUT2D eigenvalue weighted by atomic mass is 9.90. The standard InChI is InChI=1S/C20H20/c1-4-7-20(18-12-8-16(5-2)9-13-18)19-14-10-17(6-3)11-15-19/h4-15,20H,2-3H2,1H3. The average Bonchev–Trinajstić information content (AvgIpc) is 2.53. The van der Waals surface area contributed by atoms with Gasteiger partial charge in [0.1, 0.15) is 0 Å². The SMILES string of the molecule is C=Cc1ccc(C(C=CC)c2ccc(C=C)cc2)cc1. The second-order valence-electron chi connectivity index (χ2n) is 4.75. The molecule has 0 nitrogen and oxygen atoms in total. The number of hydrogen-bond donors (Lipinski definition) is 0. The van der Waals surface area contributed by atoms with Gasteiger partial charge in [0, 0.05) is 5.92 Å². The van der Waals surface area contributed by atoms with E-state index in [1.165, 1.54) is 11.1 Å². The molecule has 20 heavy (non-hydrogen) atoms. The first-order chi connectivity index (χ1) is 9.78. The van der Waals surface area contributed by atoms with Crippen LogP contribution in [0.3, 0.4) is 0 Å². The van der Waals surface area contributed by atoms with Crippen molar-refractivity contribution in [1.82, 2.24) is 0 Å². The molecule has 0 unspecified atom stereocenters. The predicted molar refractivity (Wildman–Crippen MR) is 89.7 cm³/mol. The Bertz CT molecular complexity index is 546. The van der Waals surface area contributed by atoms with Crippen LogP contribution >= 0.6 is 0 Å². The van der Waals surface area contributed by atoms with Gasteiger partial charge in [-0.15, -0.1) is 0 Å². The molecule has 0 saturated heterocycles. The lowest BCUT2D eigenvalue weighted by Crippen LogP contribution is -1.97. The quantitative estimate of drug-likeness (QED) is 0.607. The van der Waals surface area contributed by atoms with E-state index in [2.05, 4.69) is 80.8 Å². The van der Waals surface area contributed by atoms with Crippen LogP contribution in [0.1, 0.15) is 35.1 Å². The third-order valence-electron chi connectivity index (χ3n) is 3.45. The molecule has 0 heterocycles. The molecule has 2 aromatic carbocycles. The van der Waals surface area contributed by atoms with Gasteiger partial charge in [0.25, 0.3) is 0 Å². The molecule has 0 aliphatic heterocycles. The highest BCUT2D eigenvalue weighted by Crippen LogP contribution is 2.27. The molecule has 2 aromatic rings. The molecule has 2 rings (SSSR count). The number of allylic oxidation sites excluding steroid dienone is 2. The molecule has 0 aromatic heterocycles. The summed E-state index contributed by atoms with van der Waals surface area (Å²) in [4.78, 5) is 0. The van der Waals surface area contributed by atoms with Crippen molar-refractivity contribution in [2.45, 2.75) is 12.8 Å². The first kappa shape index (κ1) is 14.1. The van der Waals surface area contributed by atoms with Crippen LogP contribution in [0.5, 0.6) is 0 Å². The molecule has 0 amide bonds. The summed E-state index contributed by atoms with van der Waals surface area (Å²) in [6.45, 7) is 9.65. The van der Waals surface area contributed by atoms with Gasteiger partial charge in [-0.3, -0.25) is 0 Å². The van der Waals surface area contributed by atoms with Gasteiger partial charge in [0.05, 0.1) is 0 Å². The van der Waals surface area contributed by atoms with Gasteiger partial charge in [0.2, 0.25) is 0 Å². The van der Waals surface area contributed by atoms with E-state index in [0.29, 0.717) is 0 Å². The summed E-state index contributed by atoms with van der Waals surface area (Å²) in [6.07, 6.45) is 8.07. The Morgan fingerprint density at radius 1 is 0.750 bits per heavy atom. The first-order valence-electron chi connectivity index (χ1n) is 6.86. The second-order valence-corrected chi connectivity index (χ2v) is 4.75. The molecule has 0 bridgehead atoms. The molecule has 0 N–H and O–H groups in total. The molecule has 0 spiro atoms. The Labute approximate surface area is 121 Å². The molecule has 0 heteroatoms. The van der Waals surface area contributed by atoms with Gasteiger partial charge in [0.15, 0.2) is 0 Å². The monoisotopic (exact) mass is 260 g/mol. The summed E-state index contributed by atoms with van der Waals surface area (Å²) >= 11 is 0. The van der Waals surface area contributed by atoms with Crippen molar-refractivity contribution in [3.05, 3.63) is 96.1 Å². The van der Waals surface area contributed by atoms with Crippen LogP contribution < -0.4 is 0 Å². The Morgan fingerprint density at radius 2 is 1.15 bits per heavy atom. The summed E-state index contributed by atoms with van der Waals surface area (Å²) in [5, 5.41) is 0. The van der Waals surface area contributed by atoms with Crippen molar-refractivity contribution >= 4 is 12.2 Å². The van der Waals surface area contributed by atoms with Gasteiger partial charge in [-0.25, -0.2) is 0 Å². The smallest absolute Gasteiger partial charge is 0.0269 e. The van der Waals surface area contributed by atoms with Crippen LogP contribution in [0, 0.1) is 0 Å². The van der Waals surface area contributed by atoms with Crippen molar-refractivity contribution in [2.24, 2.45) is 0 Å². The van der Waals surface area contributed by atoms with Gasteiger partial charge in [-0.2, -0.15) is 0 Å². The Hall–Kier alpha value is -2.34. The molecule has 0 aliphatic carbocycles. The fourth-order valence-corrected chi connectivity index (χ4v) is 2.29. The summed E-state index contributed by atoms with van der Waals surface area (Å²) < 4.78 is 0. The lowest BCUT2D eigenvalue weighted by Gasteiger charge is -2.14. The van der Waals surface area contributed by atoms with E-state index in [9.17, 15) is 0 Å². The minimum Gasteiger partial charge on any atom is -0.0985 e. The van der Waals surface area contributed by atoms with Crippen LogP contribution in [0.15, 0.2) is 73.8 Å². The van der Waals surface area contributed by atoms with Crippen molar-refractivity contribution in [3.63, 3.8) is 0 Å². The largest absolute Gasteiger partial charge is 0.0985 e. The zero-order valence-electron chi connectivity index (χ0n) is 11.9. The summed E-state index contributed by atoms with van der Waals surface area (Å²) in [6, 6.07) is 17.1. The molecular formula is C20H20. The van der Waals surface area contributed by atoms with E-state index in [-0.39, 0.29) is 5.92 Å². The number of rotatable bonds is 5. The van der Waals surface area contributed by atoms with Crippen molar-refractivity contribution in [1.29, 1.82) is 0 Å². The third-order valence-corrected chi connectivity index (χ3v) is 3.45. The second kappa shape index (κ2) is 6.72. The van der Waals surface area contributed by atoms with Gasteiger partial charge < -0.3 is 0 Å². The van der Waals surface area contributed by atoms with Gasteiger partial charge in [-0.1, -0.05) is 86.0 Å². The zero-order valence-corrected chi connectivity index (χ0v) is 11.9. The Morgan fingerprint density at radius 3 is 1.45 bits per heavy atom. The van der Waals surface area contributed by atoms with Crippen molar-refractivity contribution < 1.29 is 0 Å². The van der Waals surface area contributed by atoms with E-state index in [1.54, 1.807) is 0 Å².